The van der Waals surface area contributed by atoms with Gasteiger partial charge in [0.25, 0.3) is 0 Å². The third-order valence-electron chi connectivity index (χ3n) is 4.56. The number of Topliss-reactive ketones (excluding diaryl/α,β-unsaturated/α-hetero) is 2. The van der Waals surface area contributed by atoms with Crippen LogP contribution in [0.25, 0.3) is 0 Å². The van der Waals surface area contributed by atoms with Crippen LogP contribution in [0.4, 0.5) is 5.69 Å². The summed E-state index contributed by atoms with van der Waals surface area (Å²) in [6, 6.07) is 5.31. The van der Waals surface area contributed by atoms with Gasteiger partial charge in [0.15, 0.2) is 5.78 Å². The zero-order valence-corrected chi connectivity index (χ0v) is 12.6. The normalized spacial score (nSPS) is 19.6. The first-order valence-electron chi connectivity index (χ1n) is 7.31. The molecule has 0 saturated heterocycles. The van der Waals surface area contributed by atoms with Crippen molar-refractivity contribution < 1.29 is 14.4 Å². The van der Waals surface area contributed by atoms with E-state index in [1.807, 2.05) is 19.9 Å². The van der Waals surface area contributed by atoms with E-state index in [9.17, 15) is 14.4 Å². The minimum absolute atomic E-state index is 0.0233. The lowest BCUT2D eigenvalue weighted by Gasteiger charge is -2.16. The molecule has 1 heterocycles. The number of likely N-dealkylation sites (N-methyl/N-ethyl adjacent to an activating group) is 1. The van der Waals surface area contributed by atoms with Crippen molar-refractivity contribution in [2.75, 3.05) is 11.9 Å². The van der Waals surface area contributed by atoms with Crippen LogP contribution in [0.1, 0.15) is 49.0 Å². The molecule has 1 fully saturated rings. The van der Waals surface area contributed by atoms with Gasteiger partial charge in [-0.25, -0.2) is 0 Å². The average Bonchev–Trinajstić information content (AvgIpc) is 3.26. The third-order valence-corrected chi connectivity index (χ3v) is 4.56. The Morgan fingerprint density at radius 3 is 2.57 bits per heavy atom. The third kappa shape index (κ3) is 2.19. The summed E-state index contributed by atoms with van der Waals surface area (Å²) in [5, 5.41) is 0. The van der Waals surface area contributed by atoms with E-state index >= 15 is 0 Å². The zero-order chi connectivity index (χ0) is 15.4. The Balaban J connectivity index is 1.88. The predicted octanol–water partition coefficient (Wildman–Crippen LogP) is 2.49. The molecule has 3 rings (SSSR count). The molecule has 4 heteroatoms. The highest BCUT2D eigenvalue weighted by molar-refractivity contribution is 6.12. The molecule has 110 valence electrons. The maximum atomic E-state index is 12.2. The SMILES string of the molecule is CN1C(=O)C(C)(C)c2ccc(C(=O)CC(=O)C3CC3)cc21. The molecule has 1 aromatic carbocycles. The lowest BCUT2D eigenvalue weighted by Crippen LogP contribution is -2.33. The summed E-state index contributed by atoms with van der Waals surface area (Å²) in [6.07, 6.45) is 1.81. The molecular weight excluding hydrogens is 266 g/mol. The van der Waals surface area contributed by atoms with Gasteiger partial charge in [0.2, 0.25) is 5.91 Å². The van der Waals surface area contributed by atoms with Gasteiger partial charge in [-0.05, 0) is 38.3 Å². The molecule has 0 N–H and O–H groups in total. The van der Waals surface area contributed by atoms with E-state index in [0.717, 1.165) is 24.1 Å². The summed E-state index contributed by atoms with van der Waals surface area (Å²) in [5.41, 5.74) is 1.66. The van der Waals surface area contributed by atoms with E-state index in [-0.39, 0.29) is 29.8 Å². The lowest BCUT2D eigenvalue weighted by molar-refractivity contribution is -0.122. The molecule has 0 unspecified atom stereocenters. The molecule has 1 aliphatic carbocycles. The van der Waals surface area contributed by atoms with Crippen LogP contribution in [0.3, 0.4) is 0 Å². The number of hydrogen-bond acceptors (Lipinski definition) is 3. The first kappa shape index (κ1) is 14.0. The number of carbonyl (C=O) groups excluding carboxylic acids is 3. The van der Waals surface area contributed by atoms with Gasteiger partial charge in [0.1, 0.15) is 5.78 Å². The quantitative estimate of drug-likeness (QED) is 0.631. The maximum Gasteiger partial charge on any atom is 0.236 e. The van der Waals surface area contributed by atoms with Crippen LogP contribution in [0.2, 0.25) is 0 Å². The number of nitrogens with zero attached hydrogens (tertiary/aromatic N) is 1. The molecule has 21 heavy (non-hydrogen) atoms. The summed E-state index contributed by atoms with van der Waals surface area (Å²) in [4.78, 5) is 37.8. The summed E-state index contributed by atoms with van der Waals surface area (Å²) in [7, 11) is 1.72. The van der Waals surface area contributed by atoms with E-state index in [1.54, 1.807) is 24.1 Å². The minimum atomic E-state index is -0.560. The van der Waals surface area contributed by atoms with E-state index in [2.05, 4.69) is 0 Å². The molecule has 0 atom stereocenters. The van der Waals surface area contributed by atoms with Gasteiger partial charge in [-0.3, -0.25) is 14.4 Å². The summed E-state index contributed by atoms with van der Waals surface area (Å²) in [6.45, 7) is 3.77. The Morgan fingerprint density at radius 2 is 1.95 bits per heavy atom. The molecule has 1 aliphatic heterocycles. The highest BCUT2D eigenvalue weighted by atomic mass is 16.2. The molecule has 2 aliphatic rings. The number of anilines is 1. The fourth-order valence-corrected chi connectivity index (χ4v) is 2.96. The molecule has 0 radical (unpaired) electrons. The van der Waals surface area contributed by atoms with Crippen LogP contribution >= 0.6 is 0 Å². The van der Waals surface area contributed by atoms with Crippen molar-refractivity contribution in [3.05, 3.63) is 29.3 Å². The van der Waals surface area contributed by atoms with Gasteiger partial charge in [-0.2, -0.15) is 0 Å². The fourth-order valence-electron chi connectivity index (χ4n) is 2.96. The lowest BCUT2D eigenvalue weighted by atomic mass is 9.85. The molecule has 4 nitrogen and oxygen atoms in total. The molecular formula is C17H19NO3. The van der Waals surface area contributed by atoms with E-state index in [1.165, 1.54) is 0 Å². The minimum Gasteiger partial charge on any atom is -0.314 e. The second-order valence-corrected chi connectivity index (χ2v) is 6.56. The van der Waals surface area contributed by atoms with Crippen LogP contribution in [-0.4, -0.2) is 24.5 Å². The Bertz CT molecular complexity index is 656. The summed E-state index contributed by atoms with van der Waals surface area (Å²) in [5.74, 6) is 0.0215. The summed E-state index contributed by atoms with van der Waals surface area (Å²) >= 11 is 0. The Labute approximate surface area is 124 Å². The molecule has 0 spiro atoms. The number of amides is 1. The Morgan fingerprint density at radius 1 is 1.29 bits per heavy atom. The second kappa shape index (κ2) is 4.52. The summed E-state index contributed by atoms with van der Waals surface area (Å²) < 4.78 is 0. The smallest absolute Gasteiger partial charge is 0.236 e. The van der Waals surface area contributed by atoms with Crippen LogP contribution in [0.5, 0.6) is 0 Å². The highest BCUT2D eigenvalue weighted by Crippen LogP contribution is 2.41. The Hall–Kier alpha value is -1.97. The fraction of sp³-hybridized carbons (Fsp3) is 0.471. The maximum absolute atomic E-state index is 12.2. The number of hydrogen-bond donors (Lipinski definition) is 0. The van der Waals surface area contributed by atoms with Crippen molar-refractivity contribution in [2.24, 2.45) is 5.92 Å². The van der Waals surface area contributed by atoms with Gasteiger partial charge in [-0.15, -0.1) is 0 Å². The Kier molecular flexibility index (Phi) is 3.01. The second-order valence-electron chi connectivity index (χ2n) is 6.56. The first-order valence-corrected chi connectivity index (χ1v) is 7.31. The highest BCUT2D eigenvalue weighted by Gasteiger charge is 2.42. The number of benzene rings is 1. The number of rotatable bonds is 4. The van der Waals surface area contributed by atoms with Gasteiger partial charge < -0.3 is 4.90 Å². The number of carbonyl (C=O) groups is 3. The van der Waals surface area contributed by atoms with Crippen molar-refractivity contribution in [1.29, 1.82) is 0 Å². The van der Waals surface area contributed by atoms with Crippen LogP contribution in [-0.2, 0) is 15.0 Å². The molecule has 1 aromatic rings. The van der Waals surface area contributed by atoms with Gasteiger partial charge in [-0.1, -0.05) is 12.1 Å². The standard InChI is InChI=1S/C17H19NO3/c1-17(2)12-7-6-11(8-13(12)18(3)16(17)21)15(20)9-14(19)10-4-5-10/h6-8,10H,4-5,9H2,1-3H3. The van der Waals surface area contributed by atoms with Crippen LogP contribution < -0.4 is 4.90 Å². The zero-order valence-electron chi connectivity index (χ0n) is 12.6. The van der Waals surface area contributed by atoms with Crippen molar-refractivity contribution in [1.82, 2.24) is 0 Å². The van der Waals surface area contributed by atoms with Gasteiger partial charge in [0.05, 0.1) is 11.8 Å². The first-order chi connectivity index (χ1) is 9.82. The van der Waals surface area contributed by atoms with E-state index in [4.69, 9.17) is 0 Å². The monoisotopic (exact) mass is 285 g/mol. The largest absolute Gasteiger partial charge is 0.314 e. The van der Waals surface area contributed by atoms with Crippen LogP contribution in [0.15, 0.2) is 18.2 Å². The molecule has 1 amide bonds. The van der Waals surface area contributed by atoms with Gasteiger partial charge >= 0.3 is 0 Å². The van der Waals surface area contributed by atoms with Gasteiger partial charge in [0, 0.05) is 24.2 Å². The topological polar surface area (TPSA) is 54.5 Å². The predicted molar refractivity (Wildman–Crippen MR) is 79.6 cm³/mol. The average molecular weight is 285 g/mol. The number of ketones is 2. The van der Waals surface area contributed by atoms with Crippen molar-refractivity contribution >= 4 is 23.2 Å². The van der Waals surface area contributed by atoms with Crippen molar-refractivity contribution in [2.45, 2.75) is 38.5 Å². The molecule has 0 bridgehead atoms. The van der Waals surface area contributed by atoms with Crippen molar-refractivity contribution in [3.63, 3.8) is 0 Å². The molecule has 1 saturated carbocycles. The molecule has 0 aromatic heterocycles. The van der Waals surface area contributed by atoms with Crippen molar-refractivity contribution in [3.8, 4) is 0 Å². The van der Waals surface area contributed by atoms with Crippen LogP contribution in [0, 0.1) is 5.92 Å². The number of fused-ring (bicyclic) bond motifs is 1. The van der Waals surface area contributed by atoms with E-state index in [0.29, 0.717) is 5.56 Å². The van der Waals surface area contributed by atoms with E-state index < -0.39 is 5.41 Å².